The molecule has 2 heterocycles. The molecule has 1 saturated heterocycles. The first-order valence-corrected chi connectivity index (χ1v) is 8.50. The van der Waals surface area contributed by atoms with Gasteiger partial charge in [0.2, 0.25) is 5.91 Å². The minimum Gasteiger partial charge on any atom is -0.399 e. The molecule has 0 spiro atoms. The van der Waals surface area contributed by atoms with E-state index in [1.54, 1.807) is 4.90 Å². The van der Waals surface area contributed by atoms with Crippen LogP contribution in [0.2, 0.25) is 0 Å². The molecule has 1 aliphatic carbocycles. The Morgan fingerprint density at radius 3 is 2.29 bits per heavy atom. The molecule has 0 aromatic heterocycles. The van der Waals surface area contributed by atoms with E-state index < -0.39 is 18.3 Å². The Morgan fingerprint density at radius 1 is 1.08 bits per heavy atom. The lowest BCUT2D eigenvalue weighted by Gasteiger charge is -2.34. The van der Waals surface area contributed by atoms with Crippen molar-refractivity contribution in [2.75, 3.05) is 4.90 Å². The number of carbonyl (C=O) groups excluding carboxylic acids is 2. The number of benzene rings is 1. The van der Waals surface area contributed by atoms with Crippen molar-refractivity contribution in [2.24, 2.45) is 0 Å². The Morgan fingerprint density at radius 2 is 1.71 bits per heavy atom. The number of fused-ring (bicyclic) bond motifs is 1. The number of anilines is 1. The lowest BCUT2D eigenvalue weighted by molar-refractivity contribution is -0.125. The van der Waals surface area contributed by atoms with E-state index in [9.17, 15) is 9.59 Å². The van der Waals surface area contributed by atoms with E-state index in [1.807, 2.05) is 45.9 Å². The summed E-state index contributed by atoms with van der Waals surface area (Å²) in [5.41, 5.74) is 2.04. The molecule has 0 radical (unpaired) electrons. The molecule has 0 N–H and O–H groups in total. The number of amides is 1. The summed E-state index contributed by atoms with van der Waals surface area (Å²) >= 11 is 0. The van der Waals surface area contributed by atoms with Crippen molar-refractivity contribution in [3.8, 4) is 0 Å². The van der Waals surface area contributed by atoms with Crippen LogP contribution in [0.25, 0.3) is 0 Å². The summed E-state index contributed by atoms with van der Waals surface area (Å²) in [4.78, 5) is 25.5. The molecule has 4 rings (SSSR count). The van der Waals surface area contributed by atoms with Crippen molar-refractivity contribution >= 4 is 30.0 Å². The lowest BCUT2D eigenvalue weighted by atomic mass is 9.78. The first-order chi connectivity index (χ1) is 11.2. The van der Waals surface area contributed by atoms with Crippen LogP contribution in [0.3, 0.4) is 0 Å². The third kappa shape index (κ3) is 2.24. The van der Waals surface area contributed by atoms with Crippen LogP contribution in [0.1, 0.15) is 46.1 Å². The first-order valence-electron chi connectivity index (χ1n) is 8.50. The lowest BCUT2D eigenvalue weighted by Crippen LogP contribution is -2.47. The highest BCUT2D eigenvalue weighted by Gasteiger charge is 2.52. The highest BCUT2D eigenvalue weighted by Crippen LogP contribution is 2.38. The molecule has 1 amide bonds. The van der Waals surface area contributed by atoms with E-state index in [2.05, 4.69) is 0 Å². The smallest absolute Gasteiger partial charge is 0.399 e. The van der Waals surface area contributed by atoms with Crippen molar-refractivity contribution in [2.45, 2.75) is 64.2 Å². The van der Waals surface area contributed by atoms with Crippen LogP contribution in [0, 0.1) is 0 Å². The minimum absolute atomic E-state index is 0.0137. The average Bonchev–Trinajstić information content (AvgIpc) is 2.87. The number of rotatable bonds is 2. The molecular formula is C18H22BNO4. The zero-order chi connectivity index (χ0) is 17.3. The van der Waals surface area contributed by atoms with E-state index in [4.69, 9.17) is 9.31 Å². The van der Waals surface area contributed by atoms with Gasteiger partial charge < -0.3 is 14.2 Å². The standard InChI is InChI=1S/C18H22BNO4/c1-17(2)18(3,4)24-19(23-17)12-6-5-11-7-16(22)20(15(11)8-12)13-9-14(21)10-13/h5-6,8,13H,7,9-10H2,1-4H3. The second-order valence-corrected chi connectivity index (χ2v) is 8.02. The summed E-state index contributed by atoms with van der Waals surface area (Å²) in [6, 6.07) is 5.96. The predicted molar refractivity (Wildman–Crippen MR) is 91.4 cm³/mol. The zero-order valence-electron chi connectivity index (χ0n) is 14.6. The zero-order valence-corrected chi connectivity index (χ0v) is 14.6. The van der Waals surface area contributed by atoms with Crippen LogP contribution in [-0.2, 0) is 25.3 Å². The van der Waals surface area contributed by atoms with Gasteiger partial charge in [-0.05, 0) is 44.8 Å². The average molecular weight is 327 g/mol. The van der Waals surface area contributed by atoms with Gasteiger partial charge in [-0.15, -0.1) is 0 Å². The van der Waals surface area contributed by atoms with Crippen molar-refractivity contribution in [1.82, 2.24) is 0 Å². The van der Waals surface area contributed by atoms with Crippen molar-refractivity contribution in [1.29, 1.82) is 0 Å². The predicted octanol–water partition coefficient (Wildman–Crippen LogP) is 1.61. The summed E-state index contributed by atoms with van der Waals surface area (Å²) in [5, 5.41) is 0. The molecule has 5 nitrogen and oxygen atoms in total. The monoisotopic (exact) mass is 327 g/mol. The van der Waals surface area contributed by atoms with Crippen LogP contribution in [0.4, 0.5) is 5.69 Å². The van der Waals surface area contributed by atoms with E-state index in [0.717, 1.165) is 16.7 Å². The van der Waals surface area contributed by atoms with E-state index in [1.165, 1.54) is 0 Å². The molecule has 0 bridgehead atoms. The maximum atomic E-state index is 12.4. The second-order valence-electron chi connectivity index (χ2n) is 8.02. The van der Waals surface area contributed by atoms with Crippen LogP contribution < -0.4 is 10.4 Å². The van der Waals surface area contributed by atoms with Gasteiger partial charge in [-0.3, -0.25) is 9.59 Å². The molecule has 126 valence electrons. The van der Waals surface area contributed by atoms with Crippen LogP contribution in [0.5, 0.6) is 0 Å². The van der Waals surface area contributed by atoms with Crippen molar-refractivity contribution in [3.05, 3.63) is 23.8 Å². The summed E-state index contributed by atoms with van der Waals surface area (Å²) in [5.74, 6) is 0.303. The second kappa shape index (κ2) is 4.93. The molecule has 1 saturated carbocycles. The molecule has 2 fully saturated rings. The van der Waals surface area contributed by atoms with Gasteiger partial charge >= 0.3 is 7.12 Å². The van der Waals surface area contributed by atoms with Gasteiger partial charge in [-0.2, -0.15) is 0 Å². The van der Waals surface area contributed by atoms with Crippen LogP contribution in [-0.4, -0.2) is 36.1 Å². The van der Waals surface area contributed by atoms with Gasteiger partial charge in [0, 0.05) is 18.5 Å². The fraction of sp³-hybridized carbons (Fsp3) is 0.556. The highest BCUT2D eigenvalue weighted by molar-refractivity contribution is 6.62. The molecular weight excluding hydrogens is 305 g/mol. The fourth-order valence-electron chi connectivity index (χ4n) is 3.51. The Labute approximate surface area is 142 Å². The fourth-order valence-corrected chi connectivity index (χ4v) is 3.51. The number of ketones is 1. The maximum Gasteiger partial charge on any atom is 0.494 e. The number of carbonyl (C=O) groups is 2. The van der Waals surface area contributed by atoms with E-state index >= 15 is 0 Å². The number of Topliss-reactive ketones (excluding diaryl/α,β-unsaturated/α-hetero) is 1. The van der Waals surface area contributed by atoms with Crippen LogP contribution >= 0.6 is 0 Å². The molecule has 2 aliphatic heterocycles. The molecule has 0 atom stereocenters. The van der Waals surface area contributed by atoms with Gasteiger partial charge in [0.05, 0.1) is 23.7 Å². The Kier molecular flexibility index (Phi) is 3.25. The third-order valence-electron chi connectivity index (χ3n) is 5.80. The summed E-state index contributed by atoms with van der Waals surface area (Å²) in [6.45, 7) is 8.10. The Hall–Kier alpha value is -1.66. The Balaban J connectivity index is 1.65. The normalized spacial score (nSPS) is 25.2. The quantitative estimate of drug-likeness (QED) is 0.775. The summed E-state index contributed by atoms with van der Waals surface area (Å²) < 4.78 is 12.2. The third-order valence-corrected chi connectivity index (χ3v) is 5.80. The maximum absolute atomic E-state index is 12.4. The first kappa shape index (κ1) is 15.8. The van der Waals surface area contributed by atoms with Crippen LogP contribution in [0.15, 0.2) is 18.2 Å². The molecule has 6 heteroatoms. The van der Waals surface area contributed by atoms with Crippen molar-refractivity contribution < 1.29 is 18.9 Å². The van der Waals surface area contributed by atoms with Crippen molar-refractivity contribution in [3.63, 3.8) is 0 Å². The Bertz CT molecular complexity index is 719. The van der Waals surface area contributed by atoms with E-state index in [-0.39, 0.29) is 17.7 Å². The summed E-state index contributed by atoms with van der Waals surface area (Å²) in [7, 11) is -0.444. The molecule has 3 aliphatic rings. The topological polar surface area (TPSA) is 55.8 Å². The number of hydrogen-bond acceptors (Lipinski definition) is 4. The van der Waals surface area contributed by atoms with Gasteiger partial charge in [0.25, 0.3) is 0 Å². The minimum atomic E-state index is -0.444. The molecule has 24 heavy (non-hydrogen) atoms. The SMILES string of the molecule is CC1(C)OB(c2ccc3c(c2)N(C2CC(=O)C2)C(=O)C3)OC1(C)C. The van der Waals surface area contributed by atoms with Gasteiger partial charge in [0.1, 0.15) is 5.78 Å². The van der Waals surface area contributed by atoms with Gasteiger partial charge in [0.15, 0.2) is 0 Å². The number of nitrogens with zero attached hydrogens (tertiary/aromatic N) is 1. The summed E-state index contributed by atoms with van der Waals surface area (Å²) in [6.07, 6.45) is 1.33. The van der Waals surface area contributed by atoms with Gasteiger partial charge in [-0.1, -0.05) is 12.1 Å². The van der Waals surface area contributed by atoms with Gasteiger partial charge in [-0.25, -0.2) is 0 Å². The van der Waals surface area contributed by atoms with E-state index in [0.29, 0.717) is 19.3 Å². The highest BCUT2D eigenvalue weighted by atomic mass is 16.7. The molecule has 1 aromatic carbocycles. The number of hydrogen-bond donors (Lipinski definition) is 0. The molecule has 0 unspecified atom stereocenters. The molecule has 1 aromatic rings. The largest absolute Gasteiger partial charge is 0.494 e.